The van der Waals surface area contributed by atoms with Crippen molar-refractivity contribution in [2.45, 2.75) is 0 Å². The zero-order valence-corrected chi connectivity index (χ0v) is 22.4. The Hall–Kier alpha value is -0.480. The van der Waals surface area contributed by atoms with E-state index in [0.717, 1.165) is 0 Å². The van der Waals surface area contributed by atoms with Crippen LogP contribution in [0.5, 0.6) is 0 Å². The van der Waals surface area contributed by atoms with Crippen molar-refractivity contribution in [1.29, 1.82) is 0 Å². The van der Waals surface area contributed by atoms with E-state index in [-0.39, 0.29) is 6.61 Å². The van der Waals surface area contributed by atoms with E-state index >= 15 is 0 Å². The molecule has 12 nitrogen and oxygen atoms in total. The van der Waals surface area contributed by atoms with Crippen LogP contribution in [0, 0.1) is 0 Å². The second kappa shape index (κ2) is 32.5. The van der Waals surface area contributed by atoms with E-state index in [1.54, 1.807) is 7.11 Å². The second-order valence-corrected chi connectivity index (χ2v) is 7.33. The summed E-state index contributed by atoms with van der Waals surface area (Å²) in [6, 6.07) is 0. The summed E-state index contributed by atoms with van der Waals surface area (Å²) >= 11 is 5.13. The fourth-order valence-electron chi connectivity index (χ4n) is 2.27. The molecule has 0 radical (unpaired) electrons. The lowest BCUT2D eigenvalue weighted by Gasteiger charge is -2.09. The van der Waals surface area contributed by atoms with Crippen molar-refractivity contribution in [3.05, 3.63) is 0 Å². The topological polar surface area (TPSA) is 119 Å². The molecule has 36 heavy (non-hydrogen) atoms. The molecule has 0 fully saturated rings. The number of ether oxygens (including phenoxy) is 11. The van der Waals surface area contributed by atoms with Crippen molar-refractivity contribution in [2.75, 3.05) is 146 Å². The van der Waals surface area contributed by atoms with E-state index in [4.69, 9.17) is 63.7 Å². The van der Waals surface area contributed by atoms with Gasteiger partial charge in [-0.3, -0.25) is 4.79 Å². The number of rotatable bonds is 32. The van der Waals surface area contributed by atoms with Gasteiger partial charge in [0.1, 0.15) is 6.61 Å². The summed E-state index contributed by atoms with van der Waals surface area (Å²) < 4.78 is 58.2. The van der Waals surface area contributed by atoms with Crippen LogP contribution >= 0.6 is 11.6 Å². The SMILES string of the molecule is COCCOCCOCCOCCOCCOCCOCCOCCOCCOCCOCC(=O)Cl. The molecule has 0 rings (SSSR count). The van der Waals surface area contributed by atoms with Crippen LogP contribution < -0.4 is 0 Å². The first-order chi connectivity index (χ1) is 17.8. The van der Waals surface area contributed by atoms with Gasteiger partial charge in [0.2, 0.25) is 5.24 Å². The Morgan fingerprint density at radius 3 is 0.778 bits per heavy atom. The van der Waals surface area contributed by atoms with Gasteiger partial charge in [-0.2, -0.15) is 0 Å². The normalized spacial score (nSPS) is 11.4. The van der Waals surface area contributed by atoms with Crippen LogP contribution in [0.1, 0.15) is 0 Å². The molecule has 0 heterocycles. The van der Waals surface area contributed by atoms with E-state index in [1.807, 2.05) is 0 Å². The lowest BCUT2D eigenvalue weighted by atomic mass is 10.6. The minimum absolute atomic E-state index is 0.104. The Labute approximate surface area is 219 Å². The third-order valence-corrected chi connectivity index (χ3v) is 4.10. The van der Waals surface area contributed by atoms with Crippen molar-refractivity contribution >= 4 is 16.8 Å². The van der Waals surface area contributed by atoms with Gasteiger partial charge in [0.15, 0.2) is 0 Å². The molecule has 0 saturated carbocycles. The summed E-state index contributed by atoms with van der Waals surface area (Å²) in [5.74, 6) is 0. The van der Waals surface area contributed by atoms with Crippen LogP contribution in [0.4, 0.5) is 0 Å². The van der Waals surface area contributed by atoms with Gasteiger partial charge < -0.3 is 52.1 Å². The number of hydrogen-bond donors (Lipinski definition) is 0. The predicted molar refractivity (Wildman–Crippen MR) is 131 cm³/mol. The van der Waals surface area contributed by atoms with Gasteiger partial charge in [-0.1, -0.05) is 0 Å². The van der Waals surface area contributed by atoms with Gasteiger partial charge in [-0.15, -0.1) is 0 Å². The molecule has 0 aromatic heterocycles. The quantitative estimate of drug-likeness (QED) is 0.0863. The summed E-state index contributed by atoms with van der Waals surface area (Å²) in [4.78, 5) is 10.4. The highest BCUT2D eigenvalue weighted by Crippen LogP contribution is 1.87. The van der Waals surface area contributed by atoms with Crippen LogP contribution in [-0.2, 0) is 56.9 Å². The maximum Gasteiger partial charge on any atom is 0.247 e. The van der Waals surface area contributed by atoms with E-state index < -0.39 is 5.24 Å². The maximum atomic E-state index is 10.4. The van der Waals surface area contributed by atoms with Crippen LogP contribution in [0.25, 0.3) is 0 Å². The number of carbonyl (C=O) groups is 1. The molecule has 0 aromatic carbocycles. The van der Waals surface area contributed by atoms with Crippen molar-refractivity contribution < 1.29 is 56.9 Å². The molecule has 0 bridgehead atoms. The molecule has 0 N–H and O–H groups in total. The number of carbonyl (C=O) groups excluding carboxylic acids is 1. The molecule has 216 valence electrons. The second-order valence-electron chi connectivity index (χ2n) is 6.91. The number of halogens is 1. The zero-order valence-electron chi connectivity index (χ0n) is 21.6. The van der Waals surface area contributed by atoms with Crippen LogP contribution in [0.3, 0.4) is 0 Å². The molecular formula is C23H45ClO12. The van der Waals surface area contributed by atoms with Crippen LogP contribution in [0.2, 0.25) is 0 Å². The van der Waals surface area contributed by atoms with E-state index in [9.17, 15) is 4.79 Å². The van der Waals surface area contributed by atoms with Crippen molar-refractivity contribution in [1.82, 2.24) is 0 Å². The molecule has 0 amide bonds. The van der Waals surface area contributed by atoms with Crippen molar-refractivity contribution in [2.24, 2.45) is 0 Å². The highest BCUT2D eigenvalue weighted by molar-refractivity contribution is 6.63. The average Bonchev–Trinajstić information content (AvgIpc) is 2.87. The highest BCUT2D eigenvalue weighted by atomic mass is 35.5. The molecular weight excluding hydrogens is 504 g/mol. The maximum absolute atomic E-state index is 10.4. The third-order valence-electron chi connectivity index (χ3n) is 4.00. The minimum Gasteiger partial charge on any atom is -0.382 e. The Kier molecular flexibility index (Phi) is 32.1. The van der Waals surface area contributed by atoms with Gasteiger partial charge in [0.25, 0.3) is 0 Å². The summed E-state index contributed by atoms with van der Waals surface area (Å²) in [5, 5.41) is -0.522. The molecule has 0 aromatic rings. The van der Waals surface area contributed by atoms with E-state index in [0.29, 0.717) is 132 Å². The minimum atomic E-state index is -0.522. The Morgan fingerprint density at radius 2 is 0.583 bits per heavy atom. The monoisotopic (exact) mass is 548 g/mol. The molecule has 0 unspecified atom stereocenters. The first-order valence-electron chi connectivity index (χ1n) is 12.2. The fraction of sp³-hybridized carbons (Fsp3) is 0.957. The number of methoxy groups -OCH3 is 1. The van der Waals surface area contributed by atoms with Gasteiger partial charge in [0.05, 0.1) is 132 Å². The Morgan fingerprint density at radius 1 is 0.389 bits per heavy atom. The van der Waals surface area contributed by atoms with Gasteiger partial charge >= 0.3 is 0 Å². The standard InChI is InChI=1S/C23H45ClO12/c1-26-2-3-27-4-5-28-6-7-29-8-9-30-10-11-31-12-13-32-14-15-33-16-17-34-18-19-35-20-21-36-22-23(24)25/h2-22H2,1H3. The molecule has 13 heteroatoms. The van der Waals surface area contributed by atoms with E-state index in [2.05, 4.69) is 0 Å². The Bertz CT molecular complexity index is 434. The van der Waals surface area contributed by atoms with Gasteiger partial charge in [0, 0.05) is 7.11 Å². The van der Waals surface area contributed by atoms with Crippen molar-refractivity contribution in [3.8, 4) is 0 Å². The fourth-order valence-corrected chi connectivity index (χ4v) is 2.35. The van der Waals surface area contributed by atoms with Crippen LogP contribution in [0.15, 0.2) is 0 Å². The molecule has 0 aliphatic carbocycles. The summed E-state index contributed by atoms with van der Waals surface area (Å²) in [6.07, 6.45) is 0. The summed E-state index contributed by atoms with van der Waals surface area (Å²) in [7, 11) is 1.64. The molecule has 0 saturated heterocycles. The molecule has 0 spiro atoms. The van der Waals surface area contributed by atoms with Gasteiger partial charge in [-0.25, -0.2) is 0 Å². The van der Waals surface area contributed by atoms with E-state index in [1.165, 1.54) is 0 Å². The third kappa shape index (κ3) is 33.5. The Balaban J connectivity index is 3.02. The first-order valence-corrected chi connectivity index (χ1v) is 12.6. The average molecular weight is 549 g/mol. The smallest absolute Gasteiger partial charge is 0.247 e. The largest absolute Gasteiger partial charge is 0.382 e. The van der Waals surface area contributed by atoms with Crippen LogP contribution in [-0.4, -0.2) is 151 Å². The summed E-state index contributed by atoms with van der Waals surface area (Å²) in [5.41, 5.74) is 0. The molecule has 0 atom stereocenters. The lowest BCUT2D eigenvalue weighted by molar-refractivity contribution is -0.116. The molecule has 0 aliphatic rings. The predicted octanol–water partition coefficient (Wildman–Crippen LogP) is 0.564. The molecule has 0 aliphatic heterocycles. The first kappa shape index (κ1) is 35.5. The van der Waals surface area contributed by atoms with Crippen molar-refractivity contribution in [3.63, 3.8) is 0 Å². The summed E-state index contributed by atoms with van der Waals surface area (Å²) in [6.45, 7) is 9.85. The zero-order chi connectivity index (χ0) is 26.2. The van der Waals surface area contributed by atoms with Gasteiger partial charge in [-0.05, 0) is 11.6 Å². The highest BCUT2D eigenvalue weighted by Gasteiger charge is 1.97. The lowest BCUT2D eigenvalue weighted by Crippen LogP contribution is -2.15. The number of hydrogen-bond acceptors (Lipinski definition) is 12.